The SMILES string of the molecule is CSc1ccc(S(=O)(=O)N(CCC#N)CC(F)(F)F)cc1. The molecule has 0 bridgehead atoms. The van der Waals surface area contributed by atoms with Crippen molar-refractivity contribution in [3.05, 3.63) is 24.3 Å². The lowest BCUT2D eigenvalue weighted by atomic mass is 10.4. The number of benzene rings is 1. The first-order chi connectivity index (χ1) is 9.70. The van der Waals surface area contributed by atoms with Crippen LogP contribution in [0.4, 0.5) is 13.2 Å². The monoisotopic (exact) mass is 338 g/mol. The van der Waals surface area contributed by atoms with E-state index in [-0.39, 0.29) is 15.6 Å². The number of sulfonamides is 1. The van der Waals surface area contributed by atoms with Gasteiger partial charge in [0.2, 0.25) is 10.0 Å². The molecule has 0 atom stereocenters. The Morgan fingerprint density at radius 1 is 1.29 bits per heavy atom. The van der Waals surface area contributed by atoms with E-state index in [1.165, 1.54) is 36.0 Å². The highest BCUT2D eigenvalue weighted by atomic mass is 32.2. The van der Waals surface area contributed by atoms with Gasteiger partial charge in [-0.1, -0.05) is 0 Å². The summed E-state index contributed by atoms with van der Waals surface area (Å²) < 4.78 is 62.2. The van der Waals surface area contributed by atoms with Gasteiger partial charge >= 0.3 is 6.18 Å². The standard InChI is InChI=1S/C12H13F3N2O2S2/c1-20-10-3-5-11(6-4-10)21(18,19)17(8-2-7-16)9-12(13,14)15/h3-6H,2,8-9H2,1H3. The summed E-state index contributed by atoms with van der Waals surface area (Å²) in [6.07, 6.45) is -3.17. The van der Waals surface area contributed by atoms with Crippen molar-refractivity contribution in [1.29, 1.82) is 5.26 Å². The summed E-state index contributed by atoms with van der Waals surface area (Å²) in [5.74, 6) is 0. The van der Waals surface area contributed by atoms with Crippen molar-refractivity contribution in [3.8, 4) is 6.07 Å². The van der Waals surface area contributed by atoms with Crippen LogP contribution in [0.5, 0.6) is 0 Å². The van der Waals surface area contributed by atoms with Crippen LogP contribution in [0.2, 0.25) is 0 Å². The van der Waals surface area contributed by atoms with Gasteiger partial charge < -0.3 is 0 Å². The van der Waals surface area contributed by atoms with Crippen LogP contribution in [0.1, 0.15) is 6.42 Å². The zero-order chi connectivity index (χ0) is 16.1. The van der Waals surface area contributed by atoms with Crippen molar-refractivity contribution in [3.63, 3.8) is 0 Å². The van der Waals surface area contributed by atoms with E-state index in [1.54, 1.807) is 12.3 Å². The maximum Gasteiger partial charge on any atom is 0.402 e. The Bertz CT molecular complexity index is 607. The summed E-state index contributed by atoms with van der Waals surface area (Å²) in [5.41, 5.74) is 0. The van der Waals surface area contributed by atoms with Gasteiger partial charge in [-0.15, -0.1) is 11.8 Å². The first-order valence-corrected chi connectivity index (χ1v) is 8.45. The van der Waals surface area contributed by atoms with E-state index < -0.39 is 29.3 Å². The summed E-state index contributed by atoms with van der Waals surface area (Å²) in [7, 11) is -4.28. The number of thioether (sulfide) groups is 1. The second-order valence-corrected chi connectivity index (χ2v) is 6.86. The molecule has 21 heavy (non-hydrogen) atoms. The van der Waals surface area contributed by atoms with Crippen LogP contribution in [-0.4, -0.2) is 38.2 Å². The number of nitriles is 1. The van der Waals surface area contributed by atoms with Gasteiger partial charge in [0.05, 0.1) is 11.0 Å². The molecule has 9 heteroatoms. The summed E-state index contributed by atoms with van der Waals surface area (Å²) in [5, 5.41) is 8.46. The Morgan fingerprint density at radius 2 is 1.86 bits per heavy atom. The lowest BCUT2D eigenvalue weighted by Gasteiger charge is -2.22. The topological polar surface area (TPSA) is 61.2 Å². The molecule has 0 saturated heterocycles. The molecule has 1 aromatic rings. The minimum Gasteiger partial charge on any atom is -0.207 e. The molecule has 1 aromatic carbocycles. The summed E-state index contributed by atoms with van der Waals surface area (Å²) in [6, 6.07) is 7.21. The summed E-state index contributed by atoms with van der Waals surface area (Å²) in [6.45, 7) is -2.11. The largest absolute Gasteiger partial charge is 0.402 e. The van der Waals surface area contributed by atoms with Gasteiger partial charge in [0, 0.05) is 17.9 Å². The number of nitrogens with zero attached hydrogens (tertiary/aromatic N) is 2. The third-order valence-electron chi connectivity index (χ3n) is 2.53. The number of alkyl halides is 3. The van der Waals surface area contributed by atoms with E-state index in [4.69, 9.17) is 5.26 Å². The lowest BCUT2D eigenvalue weighted by Crippen LogP contribution is -2.39. The van der Waals surface area contributed by atoms with Crippen LogP contribution in [0.25, 0.3) is 0 Å². The Balaban J connectivity index is 3.10. The second kappa shape index (κ2) is 7.15. The fraction of sp³-hybridized carbons (Fsp3) is 0.417. The normalized spacial score (nSPS) is 12.4. The average Bonchev–Trinajstić information content (AvgIpc) is 2.42. The Labute approximate surface area is 125 Å². The van der Waals surface area contributed by atoms with Gasteiger partial charge in [0.25, 0.3) is 0 Å². The van der Waals surface area contributed by atoms with Crippen molar-refractivity contribution in [2.75, 3.05) is 19.3 Å². The minimum atomic E-state index is -4.66. The molecule has 0 N–H and O–H groups in total. The van der Waals surface area contributed by atoms with Crippen LogP contribution < -0.4 is 0 Å². The van der Waals surface area contributed by atoms with Crippen LogP contribution >= 0.6 is 11.8 Å². The second-order valence-electron chi connectivity index (χ2n) is 4.04. The molecule has 0 aliphatic carbocycles. The van der Waals surface area contributed by atoms with Gasteiger partial charge in [0.15, 0.2) is 0 Å². The van der Waals surface area contributed by atoms with E-state index in [0.717, 1.165) is 4.90 Å². The molecule has 0 radical (unpaired) electrons. The fourth-order valence-electron chi connectivity index (χ4n) is 1.56. The predicted molar refractivity (Wildman–Crippen MR) is 73.3 cm³/mol. The van der Waals surface area contributed by atoms with E-state index in [2.05, 4.69) is 0 Å². The average molecular weight is 338 g/mol. The molecule has 4 nitrogen and oxygen atoms in total. The molecule has 0 heterocycles. The van der Waals surface area contributed by atoms with Crippen molar-refractivity contribution in [2.45, 2.75) is 22.4 Å². The van der Waals surface area contributed by atoms with E-state index >= 15 is 0 Å². The number of hydrogen-bond donors (Lipinski definition) is 0. The third-order valence-corrected chi connectivity index (χ3v) is 5.13. The highest BCUT2D eigenvalue weighted by Gasteiger charge is 2.36. The maximum absolute atomic E-state index is 12.5. The zero-order valence-electron chi connectivity index (χ0n) is 11.1. The molecule has 0 amide bonds. The van der Waals surface area contributed by atoms with Crippen LogP contribution in [0, 0.1) is 11.3 Å². The molecule has 0 aliphatic heterocycles. The highest BCUT2D eigenvalue weighted by molar-refractivity contribution is 7.98. The molecule has 0 spiro atoms. The van der Waals surface area contributed by atoms with Gasteiger partial charge in [0.1, 0.15) is 6.54 Å². The van der Waals surface area contributed by atoms with E-state index in [9.17, 15) is 21.6 Å². The molecular formula is C12H13F3N2O2S2. The predicted octanol–water partition coefficient (Wildman–Crippen LogP) is 2.88. The zero-order valence-corrected chi connectivity index (χ0v) is 12.7. The smallest absolute Gasteiger partial charge is 0.207 e. The molecular weight excluding hydrogens is 325 g/mol. The third kappa shape index (κ3) is 5.22. The number of hydrogen-bond acceptors (Lipinski definition) is 4. The molecule has 0 saturated carbocycles. The van der Waals surface area contributed by atoms with Gasteiger partial charge in [-0.25, -0.2) is 8.42 Å². The van der Waals surface area contributed by atoms with Gasteiger partial charge in [-0.2, -0.15) is 22.7 Å². The molecule has 0 aliphatic rings. The summed E-state index contributed by atoms with van der Waals surface area (Å²) in [4.78, 5) is 0.579. The van der Waals surface area contributed by atoms with Crippen LogP contribution in [-0.2, 0) is 10.0 Å². The van der Waals surface area contributed by atoms with Crippen LogP contribution in [0.15, 0.2) is 34.1 Å². The molecule has 116 valence electrons. The molecule has 0 aromatic heterocycles. The van der Waals surface area contributed by atoms with Crippen molar-refractivity contribution in [1.82, 2.24) is 4.31 Å². The van der Waals surface area contributed by atoms with E-state index in [0.29, 0.717) is 0 Å². The van der Waals surface area contributed by atoms with Gasteiger partial charge in [-0.05, 0) is 30.5 Å². The van der Waals surface area contributed by atoms with Crippen molar-refractivity contribution in [2.24, 2.45) is 0 Å². The Hall–Kier alpha value is -1.24. The van der Waals surface area contributed by atoms with Crippen LogP contribution in [0.3, 0.4) is 0 Å². The van der Waals surface area contributed by atoms with Gasteiger partial charge in [-0.3, -0.25) is 0 Å². The highest BCUT2D eigenvalue weighted by Crippen LogP contribution is 2.24. The van der Waals surface area contributed by atoms with Crippen molar-refractivity contribution < 1.29 is 21.6 Å². The lowest BCUT2D eigenvalue weighted by molar-refractivity contribution is -0.136. The molecule has 0 fully saturated rings. The fourth-order valence-corrected chi connectivity index (χ4v) is 3.39. The first kappa shape index (κ1) is 17.8. The first-order valence-electron chi connectivity index (χ1n) is 5.78. The Morgan fingerprint density at radius 3 is 2.29 bits per heavy atom. The van der Waals surface area contributed by atoms with Crippen molar-refractivity contribution >= 4 is 21.8 Å². The molecule has 1 rings (SSSR count). The Kier molecular flexibility index (Phi) is 6.07. The number of rotatable bonds is 6. The minimum absolute atomic E-state index is 0.220. The molecule has 0 unspecified atom stereocenters. The summed E-state index contributed by atoms with van der Waals surface area (Å²) >= 11 is 1.39. The quantitative estimate of drug-likeness (QED) is 0.748. The maximum atomic E-state index is 12.5. The number of halogens is 3. The van der Waals surface area contributed by atoms with E-state index in [1.807, 2.05) is 0 Å².